The summed E-state index contributed by atoms with van der Waals surface area (Å²) >= 11 is 0. The van der Waals surface area contributed by atoms with Crippen LogP contribution < -0.4 is 10.1 Å². The largest absolute Gasteiger partial charge is 0.455 e. The quantitative estimate of drug-likeness (QED) is 0.605. The van der Waals surface area contributed by atoms with Gasteiger partial charge in [-0.1, -0.05) is 29.8 Å². The number of benzene rings is 3. The number of amides is 1. The number of para-hydroxylation sites is 2. The number of anilines is 1. The van der Waals surface area contributed by atoms with E-state index in [1.807, 2.05) is 31.2 Å². The molecular formula is C21H16F3NO2. The van der Waals surface area contributed by atoms with Gasteiger partial charge in [-0.3, -0.25) is 4.79 Å². The maximum Gasteiger partial charge on any atom is 0.416 e. The van der Waals surface area contributed by atoms with Gasteiger partial charge < -0.3 is 10.1 Å². The van der Waals surface area contributed by atoms with Crippen LogP contribution in [0.1, 0.15) is 21.5 Å². The van der Waals surface area contributed by atoms with Crippen LogP contribution in [-0.4, -0.2) is 5.91 Å². The lowest BCUT2D eigenvalue weighted by Gasteiger charge is -2.13. The number of alkyl halides is 3. The molecule has 6 heteroatoms. The molecule has 3 rings (SSSR count). The lowest BCUT2D eigenvalue weighted by atomic mass is 10.1. The summed E-state index contributed by atoms with van der Waals surface area (Å²) < 4.78 is 43.7. The van der Waals surface area contributed by atoms with Crippen molar-refractivity contribution in [2.24, 2.45) is 0 Å². The molecule has 3 nitrogen and oxygen atoms in total. The smallest absolute Gasteiger partial charge is 0.416 e. The Bertz CT molecular complexity index is 933. The number of hydrogen-bond acceptors (Lipinski definition) is 2. The second kappa shape index (κ2) is 7.53. The molecule has 138 valence electrons. The number of halogens is 3. The predicted octanol–water partition coefficient (Wildman–Crippen LogP) is 6.06. The van der Waals surface area contributed by atoms with E-state index >= 15 is 0 Å². The summed E-state index contributed by atoms with van der Waals surface area (Å²) in [6.07, 6.45) is -4.44. The van der Waals surface area contributed by atoms with Crippen molar-refractivity contribution in [2.75, 3.05) is 5.32 Å². The minimum atomic E-state index is -4.44. The molecule has 0 aliphatic carbocycles. The van der Waals surface area contributed by atoms with E-state index in [2.05, 4.69) is 5.32 Å². The van der Waals surface area contributed by atoms with E-state index in [1.54, 1.807) is 24.3 Å². The van der Waals surface area contributed by atoms with Crippen LogP contribution in [-0.2, 0) is 6.18 Å². The van der Waals surface area contributed by atoms with Crippen molar-refractivity contribution in [3.63, 3.8) is 0 Å². The average molecular weight is 371 g/mol. The minimum Gasteiger partial charge on any atom is -0.455 e. The molecule has 1 N–H and O–H groups in total. The number of nitrogens with one attached hydrogen (secondary N) is 1. The molecule has 0 saturated heterocycles. The number of aryl methyl sites for hydroxylation is 1. The Hall–Kier alpha value is -3.28. The van der Waals surface area contributed by atoms with E-state index in [4.69, 9.17) is 4.74 Å². The molecule has 0 atom stereocenters. The fourth-order valence-corrected chi connectivity index (χ4v) is 2.40. The van der Waals surface area contributed by atoms with Crippen molar-refractivity contribution in [2.45, 2.75) is 13.1 Å². The van der Waals surface area contributed by atoms with Crippen molar-refractivity contribution in [1.82, 2.24) is 0 Å². The summed E-state index contributed by atoms with van der Waals surface area (Å²) in [5, 5.41) is 2.67. The molecule has 0 saturated carbocycles. The highest BCUT2D eigenvalue weighted by atomic mass is 19.4. The first-order valence-corrected chi connectivity index (χ1v) is 8.15. The zero-order chi connectivity index (χ0) is 19.4. The number of ether oxygens (including phenoxy) is 1. The van der Waals surface area contributed by atoms with Crippen LogP contribution >= 0.6 is 0 Å². The van der Waals surface area contributed by atoms with Crippen molar-refractivity contribution in [3.05, 3.63) is 89.5 Å². The van der Waals surface area contributed by atoms with Gasteiger partial charge in [-0.15, -0.1) is 0 Å². The van der Waals surface area contributed by atoms with Crippen molar-refractivity contribution < 1.29 is 22.7 Å². The Balaban J connectivity index is 1.77. The molecule has 0 radical (unpaired) electrons. The lowest BCUT2D eigenvalue weighted by Crippen LogP contribution is -2.13. The standard InChI is InChI=1S/C21H16F3NO2/c1-14-6-12-17(13-7-14)27-19-5-3-2-4-18(19)25-20(26)15-8-10-16(11-9-15)21(22,23)24/h2-13H,1H3,(H,25,26). The van der Waals surface area contributed by atoms with Crippen LogP contribution in [0.2, 0.25) is 0 Å². The molecule has 3 aromatic carbocycles. The van der Waals surface area contributed by atoms with Crippen molar-refractivity contribution in [1.29, 1.82) is 0 Å². The lowest BCUT2D eigenvalue weighted by molar-refractivity contribution is -0.137. The van der Waals surface area contributed by atoms with Gasteiger partial charge in [0.25, 0.3) is 5.91 Å². The predicted molar refractivity (Wildman–Crippen MR) is 97.1 cm³/mol. The summed E-state index contributed by atoms with van der Waals surface area (Å²) in [4.78, 5) is 12.4. The molecule has 0 heterocycles. The van der Waals surface area contributed by atoms with Crippen LogP contribution in [0, 0.1) is 6.92 Å². The topological polar surface area (TPSA) is 38.3 Å². The normalized spacial score (nSPS) is 11.1. The number of carbonyl (C=O) groups excluding carboxylic acids is 1. The molecule has 3 aromatic rings. The van der Waals surface area contributed by atoms with Gasteiger partial charge in [-0.05, 0) is 55.5 Å². The Morgan fingerprint density at radius 3 is 2.15 bits per heavy atom. The monoisotopic (exact) mass is 371 g/mol. The highest BCUT2D eigenvalue weighted by molar-refractivity contribution is 6.05. The first kappa shape index (κ1) is 18.5. The third-order valence-corrected chi connectivity index (χ3v) is 3.86. The molecule has 27 heavy (non-hydrogen) atoms. The molecule has 0 aliphatic heterocycles. The van der Waals surface area contributed by atoms with Gasteiger partial charge >= 0.3 is 6.18 Å². The third-order valence-electron chi connectivity index (χ3n) is 3.86. The molecule has 0 fully saturated rings. The zero-order valence-electron chi connectivity index (χ0n) is 14.4. The molecule has 0 spiro atoms. The van der Waals surface area contributed by atoms with Crippen LogP contribution in [0.3, 0.4) is 0 Å². The molecule has 1 amide bonds. The van der Waals surface area contributed by atoms with E-state index in [0.29, 0.717) is 17.2 Å². The van der Waals surface area contributed by atoms with Crippen molar-refractivity contribution in [3.8, 4) is 11.5 Å². The molecular weight excluding hydrogens is 355 g/mol. The summed E-state index contributed by atoms with van der Waals surface area (Å²) in [5.74, 6) is 0.516. The van der Waals surface area contributed by atoms with Gasteiger partial charge in [0.05, 0.1) is 11.3 Å². The van der Waals surface area contributed by atoms with Crippen LogP contribution in [0.15, 0.2) is 72.8 Å². The fraction of sp³-hybridized carbons (Fsp3) is 0.0952. The van der Waals surface area contributed by atoms with Crippen LogP contribution in [0.25, 0.3) is 0 Å². The molecule has 0 unspecified atom stereocenters. The first-order valence-electron chi connectivity index (χ1n) is 8.15. The summed E-state index contributed by atoms with van der Waals surface area (Å²) in [7, 11) is 0. The van der Waals surface area contributed by atoms with Crippen LogP contribution in [0.5, 0.6) is 11.5 Å². The highest BCUT2D eigenvalue weighted by Gasteiger charge is 2.30. The Morgan fingerprint density at radius 2 is 1.52 bits per heavy atom. The molecule has 0 bridgehead atoms. The number of carbonyl (C=O) groups is 1. The number of hydrogen-bond donors (Lipinski definition) is 1. The van der Waals surface area contributed by atoms with Gasteiger partial charge in [-0.25, -0.2) is 0 Å². The van der Waals surface area contributed by atoms with Gasteiger partial charge in [0.2, 0.25) is 0 Å². The van der Waals surface area contributed by atoms with E-state index in [1.165, 1.54) is 0 Å². The van der Waals surface area contributed by atoms with Gasteiger partial charge in [0.1, 0.15) is 5.75 Å². The number of rotatable bonds is 4. The Morgan fingerprint density at radius 1 is 0.889 bits per heavy atom. The Kier molecular flexibility index (Phi) is 5.16. The molecule has 0 aliphatic rings. The van der Waals surface area contributed by atoms with Gasteiger partial charge in [0.15, 0.2) is 5.75 Å². The van der Waals surface area contributed by atoms with E-state index < -0.39 is 17.6 Å². The average Bonchev–Trinajstić information content (AvgIpc) is 2.64. The van der Waals surface area contributed by atoms with Gasteiger partial charge in [-0.2, -0.15) is 13.2 Å². The SMILES string of the molecule is Cc1ccc(Oc2ccccc2NC(=O)c2ccc(C(F)(F)F)cc2)cc1. The van der Waals surface area contributed by atoms with E-state index in [9.17, 15) is 18.0 Å². The Labute approximate surface area is 154 Å². The maximum atomic E-state index is 12.6. The van der Waals surface area contributed by atoms with E-state index in [0.717, 1.165) is 29.8 Å². The second-order valence-corrected chi connectivity index (χ2v) is 5.94. The maximum absolute atomic E-state index is 12.6. The second-order valence-electron chi connectivity index (χ2n) is 5.94. The molecule has 0 aromatic heterocycles. The van der Waals surface area contributed by atoms with E-state index in [-0.39, 0.29) is 5.56 Å². The minimum absolute atomic E-state index is 0.119. The fourth-order valence-electron chi connectivity index (χ4n) is 2.40. The zero-order valence-corrected chi connectivity index (χ0v) is 14.4. The van der Waals surface area contributed by atoms with Crippen molar-refractivity contribution >= 4 is 11.6 Å². The summed E-state index contributed by atoms with van der Waals surface area (Å²) in [6.45, 7) is 1.96. The first-order chi connectivity index (χ1) is 12.8. The van der Waals surface area contributed by atoms with Crippen LogP contribution in [0.4, 0.5) is 18.9 Å². The summed E-state index contributed by atoms with van der Waals surface area (Å²) in [6, 6.07) is 18.3. The third kappa shape index (κ3) is 4.67. The highest BCUT2D eigenvalue weighted by Crippen LogP contribution is 2.31. The van der Waals surface area contributed by atoms with Gasteiger partial charge in [0, 0.05) is 5.56 Å². The summed E-state index contributed by atoms with van der Waals surface area (Å²) in [5.41, 5.74) is 0.824.